The molecule has 0 spiro atoms. The molecule has 1 amide bonds. The average Bonchev–Trinajstić information content (AvgIpc) is 2.79. The number of hydrogen-bond donors (Lipinski definition) is 2. The number of aromatic nitrogens is 1. The van der Waals surface area contributed by atoms with E-state index < -0.39 is 11.5 Å². The summed E-state index contributed by atoms with van der Waals surface area (Å²) in [5.41, 5.74) is 0.937. The van der Waals surface area contributed by atoms with Gasteiger partial charge in [0.15, 0.2) is 11.4 Å². The van der Waals surface area contributed by atoms with Crippen LogP contribution >= 0.6 is 0 Å². The van der Waals surface area contributed by atoms with Gasteiger partial charge in [0.2, 0.25) is 0 Å². The first kappa shape index (κ1) is 20.4. The predicted octanol–water partition coefficient (Wildman–Crippen LogP) is 4.51. The first-order chi connectivity index (χ1) is 15.0. The third-order valence-corrected chi connectivity index (χ3v) is 5.25. The maximum absolute atomic E-state index is 13.3. The summed E-state index contributed by atoms with van der Waals surface area (Å²) >= 11 is 0. The highest BCUT2D eigenvalue weighted by molar-refractivity contribution is 6.00. The van der Waals surface area contributed by atoms with E-state index in [0.717, 1.165) is 10.9 Å². The van der Waals surface area contributed by atoms with Crippen LogP contribution in [0.1, 0.15) is 28.5 Å². The summed E-state index contributed by atoms with van der Waals surface area (Å²) in [6, 6.07) is 26.9. The monoisotopic (exact) mass is 410 g/mol. The van der Waals surface area contributed by atoms with Gasteiger partial charge in [0.05, 0.1) is 5.52 Å². The summed E-state index contributed by atoms with van der Waals surface area (Å²) in [5, 5.41) is 15.3. The Morgan fingerprint density at radius 1 is 0.903 bits per heavy atom. The van der Waals surface area contributed by atoms with Crippen molar-refractivity contribution in [3.05, 3.63) is 108 Å². The van der Waals surface area contributed by atoms with Gasteiger partial charge < -0.3 is 10.4 Å². The zero-order chi connectivity index (χ0) is 21.8. The van der Waals surface area contributed by atoms with Gasteiger partial charge in [-0.2, -0.15) is 0 Å². The van der Waals surface area contributed by atoms with E-state index in [0.29, 0.717) is 22.5 Å². The Hall–Kier alpha value is -3.83. The van der Waals surface area contributed by atoms with Crippen LogP contribution in [0.15, 0.2) is 91.0 Å². The molecule has 5 heteroatoms. The van der Waals surface area contributed by atoms with Crippen LogP contribution < -0.4 is 5.32 Å². The molecule has 5 nitrogen and oxygen atoms in total. The molecular formula is C26H22N2O3. The molecule has 0 aliphatic rings. The number of rotatable bonds is 6. The van der Waals surface area contributed by atoms with Crippen LogP contribution in [0.4, 0.5) is 5.69 Å². The maximum atomic E-state index is 13.3. The molecule has 0 aliphatic carbocycles. The van der Waals surface area contributed by atoms with Crippen molar-refractivity contribution in [1.29, 1.82) is 0 Å². The van der Waals surface area contributed by atoms with Gasteiger partial charge >= 0.3 is 0 Å². The average molecular weight is 410 g/mol. The molecule has 1 atom stereocenters. The lowest BCUT2D eigenvalue weighted by Gasteiger charge is -2.27. The Bertz CT molecular complexity index is 1250. The fraction of sp³-hybridized carbons (Fsp3) is 0.115. The number of para-hydroxylation sites is 1. The second-order valence-corrected chi connectivity index (χ2v) is 7.49. The zero-order valence-corrected chi connectivity index (χ0v) is 17.1. The summed E-state index contributed by atoms with van der Waals surface area (Å²) in [7, 11) is 0. The molecule has 0 saturated carbocycles. The second-order valence-electron chi connectivity index (χ2n) is 7.49. The summed E-state index contributed by atoms with van der Waals surface area (Å²) < 4.78 is 0. The molecule has 0 radical (unpaired) electrons. The number of benzene rings is 3. The molecule has 0 bridgehead atoms. The molecular weight excluding hydrogens is 388 g/mol. The molecule has 154 valence electrons. The minimum atomic E-state index is -1.84. The molecule has 3 aromatic carbocycles. The quantitative estimate of drug-likeness (QED) is 0.459. The number of nitrogens with zero attached hydrogens (tertiary/aromatic N) is 1. The Kier molecular flexibility index (Phi) is 5.60. The van der Waals surface area contributed by atoms with Crippen LogP contribution in [-0.4, -0.2) is 21.8 Å². The number of nitrogens with one attached hydrogen (secondary N) is 1. The molecule has 0 aliphatic heterocycles. The number of hydrogen-bond acceptors (Lipinski definition) is 4. The molecule has 31 heavy (non-hydrogen) atoms. The number of aliphatic hydroxyl groups is 1. The Balaban J connectivity index is 1.70. The normalized spacial score (nSPS) is 12.8. The van der Waals surface area contributed by atoms with Gasteiger partial charge in [-0.05, 0) is 36.8 Å². The molecule has 0 fully saturated rings. The van der Waals surface area contributed by atoms with E-state index in [1.165, 1.54) is 6.92 Å². The molecule has 0 unspecified atom stereocenters. The van der Waals surface area contributed by atoms with E-state index in [1.54, 1.807) is 48.5 Å². The highest BCUT2D eigenvalue weighted by Crippen LogP contribution is 2.28. The van der Waals surface area contributed by atoms with Crippen LogP contribution in [-0.2, 0) is 16.8 Å². The fourth-order valence-corrected chi connectivity index (χ4v) is 3.55. The number of fused-ring (bicyclic) bond motifs is 1. The number of ketones is 1. The minimum Gasteiger partial charge on any atom is -0.375 e. The molecule has 0 saturated heterocycles. The SMILES string of the molecule is CC(=O)c1cccc(NC(=O)[C@@](O)(Cc2ccc3ccccc3n2)c2ccccc2)c1. The Morgan fingerprint density at radius 3 is 2.42 bits per heavy atom. The van der Waals surface area contributed by atoms with Gasteiger partial charge in [0, 0.05) is 28.8 Å². The molecule has 4 rings (SSSR count). The minimum absolute atomic E-state index is 0.0000794. The Labute approximate surface area is 180 Å². The number of carbonyl (C=O) groups is 2. The number of anilines is 1. The summed E-state index contributed by atoms with van der Waals surface area (Å²) in [6.07, 6.45) is 0.0000794. The highest BCUT2D eigenvalue weighted by atomic mass is 16.3. The number of Topliss-reactive ketones (excluding diaryl/α,β-unsaturated/α-hetero) is 1. The van der Waals surface area contributed by atoms with Crippen LogP contribution in [0.5, 0.6) is 0 Å². The van der Waals surface area contributed by atoms with Gasteiger partial charge in [0.25, 0.3) is 5.91 Å². The summed E-state index contributed by atoms with van der Waals surface area (Å²) in [4.78, 5) is 29.6. The first-order valence-electron chi connectivity index (χ1n) is 10.0. The largest absolute Gasteiger partial charge is 0.375 e. The smallest absolute Gasteiger partial charge is 0.261 e. The molecule has 1 heterocycles. The van der Waals surface area contributed by atoms with Crippen molar-refractivity contribution in [2.45, 2.75) is 18.9 Å². The lowest BCUT2D eigenvalue weighted by Crippen LogP contribution is -2.42. The van der Waals surface area contributed by atoms with Crippen molar-refractivity contribution in [1.82, 2.24) is 4.98 Å². The van der Waals surface area contributed by atoms with Crippen molar-refractivity contribution < 1.29 is 14.7 Å². The zero-order valence-electron chi connectivity index (χ0n) is 17.1. The van der Waals surface area contributed by atoms with Crippen LogP contribution in [0.25, 0.3) is 10.9 Å². The third kappa shape index (κ3) is 4.37. The standard InChI is InChI=1S/C26H22N2O3/c1-18(29)20-9-7-12-22(16-20)28-25(30)26(31,21-10-3-2-4-11-21)17-23-15-14-19-8-5-6-13-24(19)27-23/h2-16,31H,17H2,1H3,(H,28,30)/t26-/m1/s1. The van der Waals surface area contributed by atoms with Crippen molar-refractivity contribution in [2.75, 3.05) is 5.32 Å². The van der Waals surface area contributed by atoms with Gasteiger partial charge in [-0.25, -0.2) is 0 Å². The summed E-state index contributed by atoms with van der Waals surface area (Å²) in [6.45, 7) is 1.46. The van der Waals surface area contributed by atoms with E-state index in [2.05, 4.69) is 10.3 Å². The van der Waals surface area contributed by atoms with Gasteiger partial charge in [-0.3, -0.25) is 14.6 Å². The fourth-order valence-electron chi connectivity index (χ4n) is 3.55. The van der Waals surface area contributed by atoms with Gasteiger partial charge in [-0.15, -0.1) is 0 Å². The van der Waals surface area contributed by atoms with Crippen molar-refractivity contribution >= 4 is 28.3 Å². The Morgan fingerprint density at radius 2 is 1.65 bits per heavy atom. The van der Waals surface area contributed by atoms with E-state index >= 15 is 0 Å². The topological polar surface area (TPSA) is 79.3 Å². The van der Waals surface area contributed by atoms with Crippen molar-refractivity contribution in [2.24, 2.45) is 0 Å². The van der Waals surface area contributed by atoms with Crippen LogP contribution in [0, 0.1) is 0 Å². The second kappa shape index (κ2) is 8.50. The van der Waals surface area contributed by atoms with Gasteiger partial charge in [0.1, 0.15) is 0 Å². The number of amides is 1. The van der Waals surface area contributed by atoms with E-state index in [4.69, 9.17) is 0 Å². The lowest BCUT2D eigenvalue weighted by atomic mass is 9.87. The van der Waals surface area contributed by atoms with E-state index in [-0.39, 0.29) is 12.2 Å². The number of carbonyl (C=O) groups excluding carboxylic acids is 2. The predicted molar refractivity (Wildman–Crippen MR) is 121 cm³/mol. The van der Waals surface area contributed by atoms with E-state index in [9.17, 15) is 14.7 Å². The highest BCUT2D eigenvalue weighted by Gasteiger charge is 2.38. The summed E-state index contributed by atoms with van der Waals surface area (Å²) in [5.74, 6) is -0.691. The van der Waals surface area contributed by atoms with Crippen molar-refractivity contribution in [3.63, 3.8) is 0 Å². The van der Waals surface area contributed by atoms with Crippen LogP contribution in [0.3, 0.4) is 0 Å². The number of pyridine rings is 1. The van der Waals surface area contributed by atoms with E-state index in [1.807, 2.05) is 42.5 Å². The molecule has 4 aromatic rings. The lowest BCUT2D eigenvalue weighted by molar-refractivity contribution is -0.135. The first-order valence-corrected chi connectivity index (χ1v) is 10.0. The van der Waals surface area contributed by atoms with Crippen LogP contribution in [0.2, 0.25) is 0 Å². The molecule has 2 N–H and O–H groups in total. The molecule has 1 aromatic heterocycles. The van der Waals surface area contributed by atoms with Gasteiger partial charge in [-0.1, -0.05) is 66.7 Å². The third-order valence-electron chi connectivity index (χ3n) is 5.25. The van der Waals surface area contributed by atoms with Crippen molar-refractivity contribution in [3.8, 4) is 0 Å². The maximum Gasteiger partial charge on any atom is 0.261 e.